The molecule has 0 aromatic heterocycles. The number of thiol groups is 2. The van der Waals surface area contributed by atoms with Crippen molar-refractivity contribution in [1.29, 1.82) is 0 Å². The first-order chi connectivity index (χ1) is 5.20. The Kier molecular flexibility index (Phi) is 8.97. The SMILES string of the molecule is CC(CSCC(S)CO)SS. The molecule has 0 aromatic rings. The second kappa shape index (κ2) is 7.98. The van der Waals surface area contributed by atoms with E-state index in [1.807, 2.05) is 11.8 Å². The van der Waals surface area contributed by atoms with Crippen LogP contribution in [0.3, 0.4) is 0 Å². The molecule has 11 heavy (non-hydrogen) atoms. The molecule has 0 saturated carbocycles. The van der Waals surface area contributed by atoms with Crippen molar-refractivity contribution in [2.75, 3.05) is 18.1 Å². The number of aliphatic hydroxyl groups is 1. The summed E-state index contributed by atoms with van der Waals surface area (Å²) in [5, 5.41) is 9.34. The molecular formula is C6H14OS4. The quantitative estimate of drug-likeness (QED) is 0.479. The lowest BCUT2D eigenvalue weighted by Gasteiger charge is -2.09. The van der Waals surface area contributed by atoms with Crippen molar-refractivity contribution >= 4 is 46.8 Å². The first-order valence-corrected chi connectivity index (χ1v) is 6.98. The van der Waals surface area contributed by atoms with Crippen molar-refractivity contribution in [3.05, 3.63) is 0 Å². The number of rotatable bonds is 6. The highest BCUT2D eigenvalue weighted by atomic mass is 33.1. The topological polar surface area (TPSA) is 20.2 Å². The van der Waals surface area contributed by atoms with Gasteiger partial charge in [0.05, 0.1) is 6.61 Å². The lowest BCUT2D eigenvalue weighted by atomic mass is 10.5. The molecule has 0 aromatic carbocycles. The maximum absolute atomic E-state index is 8.65. The van der Waals surface area contributed by atoms with Gasteiger partial charge in [-0.2, -0.15) is 24.4 Å². The zero-order chi connectivity index (χ0) is 8.69. The van der Waals surface area contributed by atoms with Crippen LogP contribution < -0.4 is 0 Å². The highest BCUT2D eigenvalue weighted by Gasteiger charge is 2.03. The van der Waals surface area contributed by atoms with Gasteiger partial charge in [-0.3, -0.25) is 0 Å². The third kappa shape index (κ3) is 7.71. The van der Waals surface area contributed by atoms with Crippen LogP contribution in [-0.2, 0) is 0 Å². The molecule has 0 saturated heterocycles. The highest BCUT2D eigenvalue weighted by Crippen LogP contribution is 2.19. The standard InChI is InChI=1S/C6H14OS4/c1-5(11-9)3-10-4-6(8)2-7/h5-9H,2-4H2,1H3. The average molecular weight is 230 g/mol. The van der Waals surface area contributed by atoms with Crippen LogP contribution in [0.4, 0.5) is 0 Å². The van der Waals surface area contributed by atoms with Crippen molar-refractivity contribution in [2.24, 2.45) is 0 Å². The molecule has 0 spiro atoms. The first kappa shape index (κ1) is 12.4. The van der Waals surface area contributed by atoms with E-state index in [1.54, 1.807) is 10.8 Å². The predicted molar refractivity (Wildman–Crippen MR) is 63.2 cm³/mol. The van der Waals surface area contributed by atoms with Gasteiger partial charge in [-0.05, 0) is 0 Å². The number of thioether (sulfide) groups is 1. The average Bonchev–Trinajstić information content (AvgIpc) is 2.04. The highest BCUT2D eigenvalue weighted by molar-refractivity contribution is 8.68. The Balaban J connectivity index is 3.13. The van der Waals surface area contributed by atoms with E-state index in [2.05, 4.69) is 31.2 Å². The Hall–Kier alpha value is 1.36. The Morgan fingerprint density at radius 2 is 2.09 bits per heavy atom. The van der Waals surface area contributed by atoms with Crippen molar-refractivity contribution in [3.63, 3.8) is 0 Å². The Bertz CT molecular complexity index is 80.7. The molecule has 0 aliphatic rings. The third-order valence-electron chi connectivity index (χ3n) is 1.05. The lowest BCUT2D eigenvalue weighted by Crippen LogP contribution is -2.09. The molecule has 0 aliphatic carbocycles. The minimum absolute atomic E-state index is 0.122. The zero-order valence-corrected chi connectivity index (χ0v) is 9.86. The predicted octanol–water partition coefficient (Wildman–Crippen LogP) is 1.98. The Morgan fingerprint density at radius 1 is 1.45 bits per heavy atom. The van der Waals surface area contributed by atoms with Crippen LogP contribution in [0.15, 0.2) is 0 Å². The van der Waals surface area contributed by atoms with E-state index >= 15 is 0 Å². The molecule has 0 radical (unpaired) electrons. The van der Waals surface area contributed by atoms with Crippen molar-refractivity contribution < 1.29 is 5.11 Å². The maximum atomic E-state index is 8.65. The molecule has 0 aliphatic heterocycles. The number of hydrogen-bond donors (Lipinski definition) is 3. The van der Waals surface area contributed by atoms with E-state index in [0.717, 1.165) is 11.5 Å². The zero-order valence-electron chi connectivity index (χ0n) is 6.43. The molecule has 5 heteroatoms. The van der Waals surface area contributed by atoms with E-state index in [9.17, 15) is 0 Å². The monoisotopic (exact) mass is 230 g/mol. The second-order valence-corrected chi connectivity index (χ2v) is 5.74. The van der Waals surface area contributed by atoms with Gasteiger partial charge >= 0.3 is 0 Å². The van der Waals surface area contributed by atoms with Crippen LogP contribution in [0.5, 0.6) is 0 Å². The van der Waals surface area contributed by atoms with Crippen LogP contribution in [0, 0.1) is 0 Å². The summed E-state index contributed by atoms with van der Waals surface area (Å²) in [6.45, 7) is 2.30. The van der Waals surface area contributed by atoms with Gasteiger partial charge in [0, 0.05) is 22.0 Å². The molecule has 0 bridgehead atoms. The minimum Gasteiger partial charge on any atom is -0.395 e. The normalized spacial score (nSPS) is 16.4. The molecule has 0 amide bonds. The van der Waals surface area contributed by atoms with Gasteiger partial charge in [-0.25, -0.2) is 0 Å². The van der Waals surface area contributed by atoms with E-state index in [1.165, 1.54) is 0 Å². The van der Waals surface area contributed by atoms with Gasteiger partial charge in [-0.15, -0.1) is 11.7 Å². The summed E-state index contributed by atoms with van der Waals surface area (Å²) < 4.78 is 0. The summed E-state index contributed by atoms with van der Waals surface area (Å²) in [5.74, 6) is 1.99. The van der Waals surface area contributed by atoms with Crippen LogP contribution in [0.1, 0.15) is 6.92 Å². The van der Waals surface area contributed by atoms with Gasteiger partial charge in [-0.1, -0.05) is 17.7 Å². The van der Waals surface area contributed by atoms with Crippen LogP contribution >= 0.6 is 46.8 Å². The van der Waals surface area contributed by atoms with E-state index < -0.39 is 0 Å². The summed E-state index contributed by atoms with van der Waals surface area (Å²) >= 11 is 10.1. The first-order valence-electron chi connectivity index (χ1n) is 3.37. The smallest absolute Gasteiger partial charge is 0.0555 e. The van der Waals surface area contributed by atoms with Gasteiger partial charge < -0.3 is 5.11 Å². The molecular weight excluding hydrogens is 216 g/mol. The van der Waals surface area contributed by atoms with E-state index in [4.69, 9.17) is 5.11 Å². The van der Waals surface area contributed by atoms with Gasteiger partial charge in [0.1, 0.15) is 0 Å². The summed E-state index contributed by atoms with van der Waals surface area (Å²) in [5.41, 5.74) is 0. The van der Waals surface area contributed by atoms with Gasteiger partial charge in [0.25, 0.3) is 0 Å². The van der Waals surface area contributed by atoms with Crippen molar-refractivity contribution in [2.45, 2.75) is 17.4 Å². The Labute approximate surface area is 87.3 Å². The summed E-state index contributed by atoms with van der Waals surface area (Å²) in [6, 6.07) is 0. The molecule has 0 fully saturated rings. The summed E-state index contributed by atoms with van der Waals surface area (Å²) in [7, 11) is 1.57. The van der Waals surface area contributed by atoms with Crippen molar-refractivity contribution in [1.82, 2.24) is 0 Å². The summed E-state index contributed by atoms with van der Waals surface area (Å²) in [6.07, 6.45) is 0. The molecule has 0 rings (SSSR count). The van der Waals surface area contributed by atoms with Gasteiger partial charge in [0.2, 0.25) is 0 Å². The fourth-order valence-corrected chi connectivity index (χ4v) is 2.69. The van der Waals surface area contributed by atoms with Crippen LogP contribution in [0.2, 0.25) is 0 Å². The summed E-state index contributed by atoms with van der Waals surface area (Å²) in [4.78, 5) is 0. The molecule has 2 unspecified atom stereocenters. The minimum atomic E-state index is 0.122. The van der Waals surface area contributed by atoms with Crippen LogP contribution in [0.25, 0.3) is 0 Å². The third-order valence-corrected chi connectivity index (χ3v) is 4.84. The fourth-order valence-electron chi connectivity index (χ4n) is 0.453. The number of aliphatic hydroxyl groups excluding tert-OH is 1. The maximum Gasteiger partial charge on any atom is 0.0555 e. The van der Waals surface area contributed by atoms with E-state index in [-0.39, 0.29) is 11.9 Å². The fraction of sp³-hybridized carbons (Fsp3) is 1.00. The molecule has 1 N–H and O–H groups in total. The lowest BCUT2D eigenvalue weighted by molar-refractivity contribution is 0.302. The molecule has 1 nitrogen and oxygen atoms in total. The second-order valence-electron chi connectivity index (χ2n) is 2.29. The van der Waals surface area contributed by atoms with E-state index in [0.29, 0.717) is 5.25 Å². The molecule has 2 atom stereocenters. The Morgan fingerprint density at radius 3 is 2.55 bits per heavy atom. The van der Waals surface area contributed by atoms with Crippen molar-refractivity contribution in [3.8, 4) is 0 Å². The largest absolute Gasteiger partial charge is 0.395 e. The van der Waals surface area contributed by atoms with Crippen LogP contribution in [-0.4, -0.2) is 33.7 Å². The number of hydrogen-bond acceptors (Lipinski definition) is 5. The molecule has 0 heterocycles. The van der Waals surface area contributed by atoms with Gasteiger partial charge in [0.15, 0.2) is 0 Å². The molecule has 68 valence electrons.